The third-order valence-corrected chi connectivity index (χ3v) is 3.27. The zero-order chi connectivity index (χ0) is 14.4. The van der Waals surface area contributed by atoms with Crippen LogP contribution in [-0.2, 0) is 6.61 Å². The first-order valence-electron chi connectivity index (χ1n) is 6.49. The molecule has 2 rings (SSSR count). The number of aliphatic hydroxyl groups excluding tert-OH is 1. The fraction of sp³-hybridized carbons (Fsp3) is 0.250. The minimum Gasteiger partial charge on any atom is -0.487 e. The summed E-state index contributed by atoms with van der Waals surface area (Å²) in [4.78, 5) is 0. The molecule has 1 atom stereocenters. The van der Waals surface area contributed by atoms with Gasteiger partial charge in [0.2, 0.25) is 0 Å². The minimum atomic E-state index is -0.569. The molecule has 106 valence electrons. The molecule has 0 aliphatic heterocycles. The molecular formula is C16H18ClNO2. The number of nitrogens with one attached hydrogen (secondary N) is 1. The van der Waals surface area contributed by atoms with E-state index in [9.17, 15) is 5.11 Å². The summed E-state index contributed by atoms with van der Waals surface area (Å²) >= 11 is 6.18. The minimum absolute atomic E-state index is 0.471. The highest BCUT2D eigenvalue weighted by molar-refractivity contribution is 6.32. The van der Waals surface area contributed by atoms with Gasteiger partial charge in [-0.2, -0.15) is 0 Å². The first kappa shape index (κ1) is 14.9. The molecule has 1 unspecified atom stereocenters. The molecule has 0 saturated carbocycles. The van der Waals surface area contributed by atoms with Crippen LogP contribution in [0.15, 0.2) is 48.5 Å². The zero-order valence-corrected chi connectivity index (χ0v) is 12.1. The van der Waals surface area contributed by atoms with Crippen molar-refractivity contribution in [2.75, 3.05) is 13.6 Å². The second-order valence-corrected chi connectivity index (χ2v) is 4.94. The Morgan fingerprint density at radius 1 is 1.20 bits per heavy atom. The van der Waals surface area contributed by atoms with E-state index in [4.69, 9.17) is 16.3 Å². The molecule has 0 aromatic heterocycles. The molecule has 4 heteroatoms. The molecule has 2 N–H and O–H groups in total. The van der Waals surface area contributed by atoms with Gasteiger partial charge in [0, 0.05) is 6.54 Å². The molecule has 20 heavy (non-hydrogen) atoms. The smallest absolute Gasteiger partial charge is 0.138 e. The number of aliphatic hydroxyl groups is 1. The fourth-order valence-electron chi connectivity index (χ4n) is 1.89. The van der Waals surface area contributed by atoms with Crippen molar-refractivity contribution in [2.24, 2.45) is 0 Å². The fourth-order valence-corrected chi connectivity index (χ4v) is 2.13. The van der Waals surface area contributed by atoms with Gasteiger partial charge >= 0.3 is 0 Å². The van der Waals surface area contributed by atoms with Gasteiger partial charge < -0.3 is 15.2 Å². The molecular weight excluding hydrogens is 274 g/mol. The topological polar surface area (TPSA) is 41.5 Å². The van der Waals surface area contributed by atoms with E-state index in [-0.39, 0.29) is 0 Å². The Kier molecular flexibility index (Phi) is 5.41. The van der Waals surface area contributed by atoms with Crippen molar-refractivity contribution in [3.05, 3.63) is 64.7 Å². The Balaban J connectivity index is 2.02. The monoisotopic (exact) mass is 291 g/mol. The van der Waals surface area contributed by atoms with Gasteiger partial charge in [-0.05, 0) is 30.3 Å². The highest BCUT2D eigenvalue weighted by Gasteiger charge is 2.09. The van der Waals surface area contributed by atoms with Gasteiger partial charge in [0.15, 0.2) is 0 Å². The van der Waals surface area contributed by atoms with E-state index in [1.54, 1.807) is 19.2 Å². The molecule has 2 aromatic carbocycles. The maximum atomic E-state index is 9.88. The van der Waals surface area contributed by atoms with Crippen molar-refractivity contribution >= 4 is 11.6 Å². The molecule has 0 aliphatic rings. The summed E-state index contributed by atoms with van der Waals surface area (Å²) in [6, 6.07) is 15.3. The second kappa shape index (κ2) is 7.29. The Morgan fingerprint density at radius 3 is 2.60 bits per heavy atom. The highest BCUT2D eigenvalue weighted by Crippen LogP contribution is 2.28. The number of rotatable bonds is 6. The van der Waals surface area contributed by atoms with Crippen molar-refractivity contribution in [3.63, 3.8) is 0 Å². The second-order valence-electron chi connectivity index (χ2n) is 4.54. The summed E-state index contributed by atoms with van der Waals surface area (Å²) in [5.41, 5.74) is 1.86. The van der Waals surface area contributed by atoms with Crippen molar-refractivity contribution < 1.29 is 9.84 Å². The summed E-state index contributed by atoms with van der Waals surface area (Å²) in [6.45, 7) is 0.958. The first-order valence-corrected chi connectivity index (χ1v) is 6.87. The average Bonchev–Trinajstić information content (AvgIpc) is 2.47. The summed E-state index contributed by atoms with van der Waals surface area (Å²) in [5, 5.41) is 13.3. The molecule has 0 amide bonds. The third-order valence-electron chi connectivity index (χ3n) is 2.98. The van der Waals surface area contributed by atoms with Crippen LogP contribution in [0, 0.1) is 0 Å². The van der Waals surface area contributed by atoms with Crippen LogP contribution in [0.25, 0.3) is 0 Å². The first-order chi connectivity index (χ1) is 9.70. The zero-order valence-electron chi connectivity index (χ0n) is 11.3. The van der Waals surface area contributed by atoms with E-state index in [0.29, 0.717) is 23.9 Å². The molecule has 2 aromatic rings. The summed E-state index contributed by atoms with van der Waals surface area (Å²) < 4.78 is 5.69. The molecule has 3 nitrogen and oxygen atoms in total. The van der Waals surface area contributed by atoms with E-state index in [0.717, 1.165) is 11.1 Å². The van der Waals surface area contributed by atoms with Crippen LogP contribution in [0.3, 0.4) is 0 Å². The van der Waals surface area contributed by atoms with E-state index >= 15 is 0 Å². The van der Waals surface area contributed by atoms with Gasteiger partial charge in [-0.1, -0.05) is 48.0 Å². The van der Waals surface area contributed by atoms with E-state index < -0.39 is 6.10 Å². The Bertz CT molecular complexity index is 545. The largest absolute Gasteiger partial charge is 0.487 e. The van der Waals surface area contributed by atoms with Gasteiger partial charge in [-0.25, -0.2) is 0 Å². The Morgan fingerprint density at radius 2 is 1.95 bits per heavy atom. The lowest BCUT2D eigenvalue weighted by Crippen LogP contribution is -2.16. The van der Waals surface area contributed by atoms with Gasteiger partial charge in [-0.15, -0.1) is 0 Å². The molecule has 0 radical (unpaired) electrons. The van der Waals surface area contributed by atoms with Crippen molar-refractivity contribution in [3.8, 4) is 5.75 Å². The Hall–Kier alpha value is -1.55. The normalized spacial score (nSPS) is 12.2. The van der Waals surface area contributed by atoms with Crippen LogP contribution in [-0.4, -0.2) is 18.7 Å². The Labute approximate surface area is 124 Å². The third kappa shape index (κ3) is 3.97. The molecule has 0 heterocycles. The molecule has 0 aliphatic carbocycles. The van der Waals surface area contributed by atoms with Crippen molar-refractivity contribution in [1.29, 1.82) is 0 Å². The van der Waals surface area contributed by atoms with Crippen LogP contribution >= 0.6 is 11.6 Å². The number of hydrogen-bond acceptors (Lipinski definition) is 3. The van der Waals surface area contributed by atoms with Gasteiger partial charge in [0.05, 0.1) is 11.1 Å². The van der Waals surface area contributed by atoms with Crippen molar-refractivity contribution in [2.45, 2.75) is 12.7 Å². The van der Waals surface area contributed by atoms with E-state index in [2.05, 4.69) is 5.32 Å². The highest BCUT2D eigenvalue weighted by atomic mass is 35.5. The lowest BCUT2D eigenvalue weighted by Gasteiger charge is -2.13. The average molecular weight is 292 g/mol. The summed E-state index contributed by atoms with van der Waals surface area (Å²) in [5.74, 6) is 0.621. The predicted molar refractivity (Wildman–Crippen MR) is 81.1 cm³/mol. The number of ether oxygens (including phenoxy) is 1. The molecule has 0 fully saturated rings. The van der Waals surface area contributed by atoms with E-state index in [1.165, 1.54) is 0 Å². The van der Waals surface area contributed by atoms with Gasteiger partial charge in [0.1, 0.15) is 12.4 Å². The van der Waals surface area contributed by atoms with Crippen LogP contribution in [0.2, 0.25) is 5.02 Å². The number of hydrogen-bond donors (Lipinski definition) is 2. The number of likely N-dealkylation sites (N-methyl/N-ethyl adjacent to an activating group) is 1. The van der Waals surface area contributed by atoms with Crippen LogP contribution in [0.1, 0.15) is 17.2 Å². The number of halogens is 1. The van der Waals surface area contributed by atoms with Gasteiger partial charge in [-0.3, -0.25) is 0 Å². The molecule has 0 saturated heterocycles. The maximum Gasteiger partial charge on any atom is 0.138 e. The summed E-state index contributed by atoms with van der Waals surface area (Å²) in [6.07, 6.45) is -0.569. The van der Waals surface area contributed by atoms with Crippen LogP contribution in [0.5, 0.6) is 5.75 Å². The van der Waals surface area contributed by atoms with Crippen LogP contribution in [0.4, 0.5) is 0 Å². The molecule has 0 spiro atoms. The lowest BCUT2D eigenvalue weighted by atomic mass is 10.1. The predicted octanol–water partition coefficient (Wildman–Crippen LogP) is 3.17. The van der Waals surface area contributed by atoms with E-state index in [1.807, 2.05) is 36.4 Å². The molecule has 0 bridgehead atoms. The quantitative estimate of drug-likeness (QED) is 0.859. The van der Waals surface area contributed by atoms with Gasteiger partial charge in [0.25, 0.3) is 0 Å². The maximum absolute atomic E-state index is 9.88. The van der Waals surface area contributed by atoms with Crippen molar-refractivity contribution in [1.82, 2.24) is 5.32 Å². The summed E-state index contributed by atoms with van der Waals surface area (Å²) in [7, 11) is 1.79. The SMILES string of the molecule is CNCC(O)c1ccc(OCc2ccccc2)c(Cl)c1. The number of benzene rings is 2. The standard InChI is InChI=1S/C16H18ClNO2/c1-18-10-15(19)13-7-8-16(14(17)9-13)20-11-12-5-3-2-4-6-12/h2-9,15,18-19H,10-11H2,1H3. The van der Waals surface area contributed by atoms with Crippen LogP contribution < -0.4 is 10.1 Å². The lowest BCUT2D eigenvalue weighted by molar-refractivity contribution is 0.177.